The molecule has 0 amide bonds. The van der Waals surface area contributed by atoms with Crippen LogP contribution in [0.5, 0.6) is 0 Å². The van der Waals surface area contributed by atoms with Crippen LogP contribution in [0.4, 0.5) is 8.78 Å². The molecule has 2 atom stereocenters. The second kappa shape index (κ2) is 3.25. The zero-order valence-corrected chi connectivity index (χ0v) is 5.46. The second-order valence-corrected chi connectivity index (χ2v) is 2.40. The van der Waals surface area contributed by atoms with Crippen LogP contribution in [0.15, 0.2) is 0 Å². The number of hydrogen-bond acceptors (Lipinski definition) is 2. The van der Waals surface area contributed by atoms with Gasteiger partial charge in [-0.05, 0) is 6.42 Å². The van der Waals surface area contributed by atoms with Crippen LogP contribution in [0.2, 0.25) is 0 Å². The van der Waals surface area contributed by atoms with Gasteiger partial charge in [-0.3, -0.25) is 0 Å². The maximum Gasteiger partial charge on any atom is 0.264 e. The normalized spacial score (nSPS) is 33.6. The summed E-state index contributed by atoms with van der Waals surface area (Å²) in [4.78, 5) is 0. The third-order valence-electron chi connectivity index (χ3n) is 1.75. The average molecular weight is 152 g/mol. The number of aliphatic hydroxyl groups is 1. The number of hydrogen-bond donors (Lipinski definition) is 1. The summed E-state index contributed by atoms with van der Waals surface area (Å²) in [6.07, 6.45) is -2.95. The van der Waals surface area contributed by atoms with Gasteiger partial charge in [0.1, 0.15) is 6.10 Å². The van der Waals surface area contributed by atoms with Crippen LogP contribution in [0.25, 0.3) is 0 Å². The number of halogens is 2. The van der Waals surface area contributed by atoms with Gasteiger partial charge in [0.15, 0.2) is 0 Å². The predicted octanol–water partition coefficient (Wildman–Crippen LogP) is 0.649. The van der Waals surface area contributed by atoms with Gasteiger partial charge >= 0.3 is 0 Å². The molecule has 0 bridgehead atoms. The molecule has 4 heteroatoms. The van der Waals surface area contributed by atoms with Crippen LogP contribution >= 0.6 is 0 Å². The van der Waals surface area contributed by atoms with Crippen molar-refractivity contribution in [1.82, 2.24) is 0 Å². The highest BCUT2D eigenvalue weighted by Crippen LogP contribution is 2.24. The van der Waals surface area contributed by atoms with E-state index in [0.29, 0.717) is 13.0 Å². The molecule has 0 aromatic heterocycles. The van der Waals surface area contributed by atoms with Crippen molar-refractivity contribution >= 4 is 0 Å². The minimum absolute atomic E-state index is 0.199. The van der Waals surface area contributed by atoms with E-state index in [0.717, 1.165) is 0 Å². The van der Waals surface area contributed by atoms with Gasteiger partial charge < -0.3 is 9.84 Å². The lowest BCUT2D eigenvalue weighted by atomic mass is 10.0. The van der Waals surface area contributed by atoms with Crippen LogP contribution in [0, 0.1) is 5.92 Å². The fourth-order valence-electron chi connectivity index (χ4n) is 1.13. The first kappa shape index (κ1) is 7.88. The molecule has 2 nitrogen and oxygen atoms in total. The summed E-state index contributed by atoms with van der Waals surface area (Å²) in [5.74, 6) is -0.361. The minimum atomic E-state index is -2.46. The van der Waals surface area contributed by atoms with Crippen LogP contribution in [0.3, 0.4) is 0 Å². The highest BCUT2D eigenvalue weighted by atomic mass is 19.3. The van der Waals surface area contributed by atoms with Gasteiger partial charge in [0, 0.05) is 19.1 Å². The Bertz CT molecular complexity index is 108. The van der Waals surface area contributed by atoms with E-state index in [1.54, 1.807) is 0 Å². The van der Waals surface area contributed by atoms with Gasteiger partial charge in [-0.1, -0.05) is 0 Å². The Labute approximate surface area is 57.8 Å². The number of rotatable bonds is 2. The Morgan fingerprint density at radius 1 is 1.60 bits per heavy atom. The molecule has 1 aliphatic rings. The lowest BCUT2D eigenvalue weighted by molar-refractivity contribution is -0.0471. The van der Waals surface area contributed by atoms with E-state index >= 15 is 0 Å². The highest BCUT2D eigenvalue weighted by molar-refractivity contribution is 4.77. The molecule has 1 heterocycles. The molecule has 0 aromatic carbocycles. The Hall–Kier alpha value is -0.220. The maximum atomic E-state index is 11.9. The second-order valence-electron chi connectivity index (χ2n) is 2.40. The summed E-state index contributed by atoms with van der Waals surface area (Å²) < 4.78 is 28.6. The molecule has 1 aliphatic heterocycles. The first-order valence-corrected chi connectivity index (χ1v) is 3.26. The molecular formula is C6H10F2O2. The third-order valence-corrected chi connectivity index (χ3v) is 1.75. The molecule has 0 radical (unpaired) electrons. The molecule has 60 valence electrons. The van der Waals surface area contributed by atoms with Crippen molar-refractivity contribution in [3.05, 3.63) is 0 Å². The van der Waals surface area contributed by atoms with Gasteiger partial charge in [0.25, 0.3) is 6.43 Å². The van der Waals surface area contributed by atoms with E-state index in [9.17, 15) is 8.78 Å². The molecule has 0 unspecified atom stereocenters. The van der Waals surface area contributed by atoms with Crippen molar-refractivity contribution in [2.75, 3.05) is 13.2 Å². The Morgan fingerprint density at radius 3 is 2.70 bits per heavy atom. The lowest BCUT2D eigenvalue weighted by Gasteiger charge is -2.14. The molecular weight excluding hydrogens is 142 g/mol. The Balaban J connectivity index is 2.42. The van der Waals surface area contributed by atoms with Crippen molar-refractivity contribution in [2.24, 2.45) is 5.92 Å². The van der Waals surface area contributed by atoms with Gasteiger partial charge in [-0.2, -0.15) is 0 Å². The Kier molecular flexibility index (Phi) is 2.56. The SMILES string of the molecule is OC[C@@H]1CCO[C@@H]1C(F)F. The van der Waals surface area contributed by atoms with Crippen molar-refractivity contribution in [3.63, 3.8) is 0 Å². The molecule has 1 saturated heterocycles. The van der Waals surface area contributed by atoms with E-state index in [1.165, 1.54) is 0 Å². The summed E-state index contributed by atoms with van der Waals surface area (Å²) in [6, 6.07) is 0. The molecule has 0 spiro atoms. The van der Waals surface area contributed by atoms with Crippen molar-refractivity contribution in [2.45, 2.75) is 19.0 Å². The van der Waals surface area contributed by atoms with E-state index in [-0.39, 0.29) is 12.5 Å². The molecule has 1 rings (SSSR count). The zero-order chi connectivity index (χ0) is 7.56. The molecule has 1 N–H and O–H groups in total. The van der Waals surface area contributed by atoms with Gasteiger partial charge in [-0.25, -0.2) is 8.78 Å². The summed E-state index contributed by atoms with van der Waals surface area (Å²) in [7, 11) is 0. The standard InChI is InChI=1S/C6H10F2O2/c7-6(8)5-4(3-9)1-2-10-5/h4-6,9H,1-3H2/t4-,5-/m0/s1. The third kappa shape index (κ3) is 1.44. The van der Waals surface area contributed by atoms with Gasteiger partial charge in [0.05, 0.1) is 0 Å². The van der Waals surface area contributed by atoms with Crippen LogP contribution in [-0.2, 0) is 4.74 Å². The summed E-state index contributed by atoms with van der Waals surface area (Å²) >= 11 is 0. The number of alkyl halides is 2. The van der Waals surface area contributed by atoms with E-state index < -0.39 is 12.5 Å². The van der Waals surface area contributed by atoms with Gasteiger partial charge in [-0.15, -0.1) is 0 Å². The van der Waals surface area contributed by atoms with Crippen molar-refractivity contribution in [3.8, 4) is 0 Å². The minimum Gasteiger partial charge on any atom is -0.396 e. The average Bonchev–Trinajstić information content (AvgIpc) is 2.33. The van der Waals surface area contributed by atoms with Crippen molar-refractivity contribution in [1.29, 1.82) is 0 Å². The molecule has 0 saturated carbocycles. The smallest absolute Gasteiger partial charge is 0.264 e. The fourth-order valence-corrected chi connectivity index (χ4v) is 1.13. The quantitative estimate of drug-likeness (QED) is 0.629. The van der Waals surface area contributed by atoms with E-state index in [4.69, 9.17) is 9.84 Å². The zero-order valence-electron chi connectivity index (χ0n) is 5.46. The van der Waals surface area contributed by atoms with Crippen LogP contribution in [0.1, 0.15) is 6.42 Å². The molecule has 0 aromatic rings. The van der Waals surface area contributed by atoms with Crippen molar-refractivity contribution < 1.29 is 18.6 Å². The molecule has 0 aliphatic carbocycles. The number of aliphatic hydroxyl groups excluding tert-OH is 1. The first-order valence-electron chi connectivity index (χ1n) is 3.26. The lowest BCUT2D eigenvalue weighted by Crippen LogP contribution is -2.26. The van der Waals surface area contributed by atoms with E-state index in [1.807, 2.05) is 0 Å². The summed E-state index contributed by atoms with van der Waals surface area (Å²) in [5.41, 5.74) is 0. The highest BCUT2D eigenvalue weighted by Gasteiger charge is 2.34. The first-order chi connectivity index (χ1) is 4.75. The molecule has 10 heavy (non-hydrogen) atoms. The monoisotopic (exact) mass is 152 g/mol. The van der Waals surface area contributed by atoms with E-state index in [2.05, 4.69) is 0 Å². The maximum absolute atomic E-state index is 11.9. The summed E-state index contributed by atoms with van der Waals surface area (Å²) in [5, 5.41) is 8.57. The van der Waals surface area contributed by atoms with Crippen LogP contribution < -0.4 is 0 Å². The van der Waals surface area contributed by atoms with Gasteiger partial charge in [0.2, 0.25) is 0 Å². The Morgan fingerprint density at radius 2 is 2.30 bits per heavy atom. The fraction of sp³-hybridized carbons (Fsp3) is 1.00. The topological polar surface area (TPSA) is 29.5 Å². The van der Waals surface area contributed by atoms with Crippen LogP contribution in [-0.4, -0.2) is 30.8 Å². The molecule has 1 fully saturated rings. The summed E-state index contributed by atoms with van der Waals surface area (Å²) in [6.45, 7) is 0.148. The largest absolute Gasteiger partial charge is 0.396 e. The predicted molar refractivity (Wildman–Crippen MR) is 30.9 cm³/mol. The number of ether oxygens (including phenoxy) is 1.